The summed E-state index contributed by atoms with van der Waals surface area (Å²) in [4.78, 5) is 16.9. The van der Waals surface area contributed by atoms with Gasteiger partial charge in [0.2, 0.25) is 5.89 Å². The number of hydrogen-bond acceptors (Lipinski definition) is 4. The highest BCUT2D eigenvalue weighted by atomic mass is 35.5. The van der Waals surface area contributed by atoms with Crippen molar-refractivity contribution in [2.75, 3.05) is 5.32 Å². The molecule has 0 radical (unpaired) electrons. The van der Waals surface area contributed by atoms with Gasteiger partial charge in [-0.25, -0.2) is 9.78 Å². The number of benzene rings is 1. The smallest absolute Gasteiger partial charge is 0.319 e. The van der Waals surface area contributed by atoms with E-state index >= 15 is 0 Å². The second-order valence-electron chi connectivity index (χ2n) is 7.44. The standard InChI is InChI=1S/C18H21ClN4O2/c19-11-8-12-16(25-13(21-12)9-20-10-4-5-10)14-15(11)22-17(24)23-18(14)6-2-1-3-7-18/h8,10,20H,1-7,9H2,(H2,22,23,24). The maximum atomic E-state index is 12.2. The van der Waals surface area contributed by atoms with Gasteiger partial charge in [0.25, 0.3) is 0 Å². The summed E-state index contributed by atoms with van der Waals surface area (Å²) < 4.78 is 6.14. The summed E-state index contributed by atoms with van der Waals surface area (Å²) in [5.74, 6) is 0.675. The molecule has 25 heavy (non-hydrogen) atoms. The number of aromatic nitrogens is 1. The Morgan fingerprint density at radius 2 is 2.12 bits per heavy atom. The Bertz CT molecular complexity index is 852. The first-order chi connectivity index (χ1) is 12.1. The summed E-state index contributed by atoms with van der Waals surface area (Å²) in [5.41, 5.74) is 2.76. The van der Waals surface area contributed by atoms with E-state index in [1.165, 1.54) is 19.3 Å². The van der Waals surface area contributed by atoms with Crippen LogP contribution in [0.5, 0.6) is 0 Å². The summed E-state index contributed by atoms with van der Waals surface area (Å²) in [5, 5.41) is 10.00. The predicted molar refractivity (Wildman–Crippen MR) is 95.8 cm³/mol. The molecule has 1 spiro atoms. The Labute approximate surface area is 150 Å². The van der Waals surface area contributed by atoms with E-state index in [2.05, 4.69) is 20.9 Å². The number of nitrogens with zero attached hydrogens (tertiary/aromatic N) is 1. The number of carbonyl (C=O) groups is 1. The van der Waals surface area contributed by atoms with E-state index < -0.39 is 5.54 Å². The van der Waals surface area contributed by atoms with Crippen LogP contribution in [0.4, 0.5) is 10.5 Å². The second kappa shape index (κ2) is 5.61. The van der Waals surface area contributed by atoms with Gasteiger partial charge >= 0.3 is 6.03 Å². The first-order valence-corrected chi connectivity index (χ1v) is 9.47. The number of amides is 2. The van der Waals surface area contributed by atoms with Crippen LogP contribution in [0.25, 0.3) is 11.1 Å². The Hall–Kier alpha value is -1.79. The number of oxazole rings is 1. The maximum Gasteiger partial charge on any atom is 0.319 e. The van der Waals surface area contributed by atoms with Crippen LogP contribution in [0.1, 0.15) is 56.4 Å². The van der Waals surface area contributed by atoms with Gasteiger partial charge in [-0.3, -0.25) is 0 Å². The third-order valence-corrected chi connectivity index (χ3v) is 5.87. The molecule has 3 N–H and O–H groups in total. The molecule has 132 valence electrons. The topological polar surface area (TPSA) is 79.2 Å². The Balaban J connectivity index is 1.65. The van der Waals surface area contributed by atoms with E-state index in [1.54, 1.807) is 6.07 Å². The van der Waals surface area contributed by atoms with Gasteiger partial charge in [0, 0.05) is 11.6 Å². The first kappa shape index (κ1) is 15.5. The summed E-state index contributed by atoms with van der Waals surface area (Å²) in [6, 6.07) is 2.20. The molecule has 2 amide bonds. The van der Waals surface area contributed by atoms with Gasteiger partial charge in [0.1, 0.15) is 5.52 Å². The molecule has 2 fully saturated rings. The molecule has 7 heteroatoms. The maximum absolute atomic E-state index is 12.2. The molecule has 0 bridgehead atoms. The van der Waals surface area contributed by atoms with E-state index in [4.69, 9.17) is 16.0 Å². The van der Waals surface area contributed by atoms with Gasteiger partial charge in [-0.1, -0.05) is 30.9 Å². The van der Waals surface area contributed by atoms with Crippen molar-refractivity contribution in [1.82, 2.24) is 15.6 Å². The van der Waals surface area contributed by atoms with Crippen molar-refractivity contribution >= 4 is 34.4 Å². The minimum Gasteiger partial charge on any atom is -0.439 e. The van der Waals surface area contributed by atoms with Gasteiger partial charge in [0.15, 0.2) is 5.58 Å². The number of nitrogens with one attached hydrogen (secondary N) is 3. The molecule has 2 heterocycles. The predicted octanol–water partition coefficient (Wildman–Crippen LogP) is 4.03. The van der Waals surface area contributed by atoms with E-state index in [-0.39, 0.29) is 6.03 Å². The van der Waals surface area contributed by atoms with E-state index in [0.717, 1.165) is 42.3 Å². The molecule has 0 unspecified atom stereocenters. The second-order valence-corrected chi connectivity index (χ2v) is 7.85. The molecule has 0 saturated heterocycles. The van der Waals surface area contributed by atoms with Crippen molar-refractivity contribution in [2.24, 2.45) is 0 Å². The summed E-state index contributed by atoms with van der Waals surface area (Å²) in [6.45, 7) is 0.624. The monoisotopic (exact) mass is 360 g/mol. The molecule has 3 aliphatic rings. The van der Waals surface area contributed by atoms with Crippen molar-refractivity contribution in [1.29, 1.82) is 0 Å². The highest BCUT2D eigenvalue weighted by molar-refractivity contribution is 6.35. The average molecular weight is 361 g/mol. The molecule has 0 atom stereocenters. The van der Waals surface area contributed by atoms with Gasteiger partial charge < -0.3 is 20.4 Å². The minimum absolute atomic E-state index is 0.189. The fourth-order valence-electron chi connectivity index (χ4n) is 4.21. The van der Waals surface area contributed by atoms with Crippen molar-refractivity contribution < 1.29 is 9.21 Å². The van der Waals surface area contributed by atoms with Gasteiger partial charge in [0.05, 0.1) is 22.8 Å². The number of urea groups is 1. The van der Waals surface area contributed by atoms with Gasteiger partial charge in [-0.2, -0.15) is 0 Å². The summed E-state index contributed by atoms with van der Waals surface area (Å²) in [6.07, 6.45) is 7.60. The average Bonchev–Trinajstić information content (AvgIpc) is 3.33. The molecule has 2 saturated carbocycles. The minimum atomic E-state index is -0.403. The normalized spacial score (nSPS) is 21.9. The highest BCUT2D eigenvalue weighted by Gasteiger charge is 2.44. The van der Waals surface area contributed by atoms with Crippen molar-refractivity contribution in [2.45, 2.75) is 63.1 Å². The number of anilines is 1. The lowest BCUT2D eigenvalue weighted by Gasteiger charge is -2.42. The zero-order valence-corrected chi connectivity index (χ0v) is 14.7. The number of carbonyl (C=O) groups excluding carboxylic acids is 1. The number of rotatable bonds is 3. The summed E-state index contributed by atoms with van der Waals surface area (Å²) >= 11 is 6.50. The molecule has 2 aromatic rings. The highest BCUT2D eigenvalue weighted by Crippen LogP contribution is 2.48. The lowest BCUT2D eigenvalue weighted by Crippen LogP contribution is -2.52. The van der Waals surface area contributed by atoms with E-state index in [1.807, 2.05) is 0 Å². The fraction of sp³-hybridized carbons (Fsp3) is 0.556. The number of fused-ring (bicyclic) bond motifs is 4. The molecular formula is C18H21ClN4O2. The molecule has 1 aliphatic heterocycles. The van der Waals surface area contributed by atoms with Crippen LogP contribution in [0.3, 0.4) is 0 Å². The molecule has 5 rings (SSSR count). The fourth-order valence-corrected chi connectivity index (χ4v) is 4.45. The van der Waals surface area contributed by atoms with Crippen LogP contribution in [0, 0.1) is 0 Å². The van der Waals surface area contributed by atoms with Gasteiger partial charge in [-0.15, -0.1) is 0 Å². The quantitative estimate of drug-likeness (QED) is 0.772. The Morgan fingerprint density at radius 3 is 2.88 bits per heavy atom. The molecule has 6 nitrogen and oxygen atoms in total. The van der Waals surface area contributed by atoms with Gasteiger partial charge in [-0.05, 0) is 31.7 Å². The summed E-state index contributed by atoms with van der Waals surface area (Å²) in [7, 11) is 0. The molecule has 1 aromatic carbocycles. The van der Waals surface area contributed by atoms with Crippen LogP contribution < -0.4 is 16.0 Å². The molecule has 2 aliphatic carbocycles. The Kier molecular flexibility index (Phi) is 3.47. The third kappa shape index (κ3) is 2.59. The first-order valence-electron chi connectivity index (χ1n) is 9.10. The van der Waals surface area contributed by atoms with Crippen molar-refractivity contribution in [3.63, 3.8) is 0 Å². The molecule has 1 aromatic heterocycles. The Morgan fingerprint density at radius 1 is 1.32 bits per heavy atom. The zero-order valence-electron chi connectivity index (χ0n) is 14.0. The lowest BCUT2D eigenvalue weighted by atomic mass is 9.74. The van der Waals surface area contributed by atoms with Crippen LogP contribution in [0.15, 0.2) is 10.5 Å². The zero-order chi connectivity index (χ0) is 17.0. The SMILES string of the molecule is O=C1Nc2c(Cl)cc3nc(CNC4CC4)oc3c2C2(CCCCC2)N1. The lowest BCUT2D eigenvalue weighted by molar-refractivity contribution is 0.209. The molecular weight excluding hydrogens is 340 g/mol. The van der Waals surface area contributed by atoms with Crippen molar-refractivity contribution in [3.05, 3.63) is 22.5 Å². The van der Waals surface area contributed by atoms with Crippen molar-refractivity contribution in [3.8, 4) is 0 Å². The largest absolute Gasteiger partial charge is 0.439 e. The number of halogens is 1. The van der Waals surface area contributed by atoms with Crippen LogP contribution in [0.2, 0.25) is 5.02 Å². The number of hydrogen-bond donors (Lipinski definition) is 3. The van der Waals surface area contributed by atoms with Crippen LogP contribution in [-0.4, -0.2) is 17.1 Å². The van der Waals surface area contributed by atoms with E-state index in [0.29, 0.717) is 29.2 Å². The van der Waals surface area contributed by atoms with Crippen LogP contribution >= 0.6 is 11.6 Å². The third-order valence-electron chi connectivity index (χ3n) is 5.57. The van der Waals surface area contributed by atoms with E-state index in [9.17, 15) is 4.79 Å². The van der Waals surface area contributed by atoms with Crippen LogP contribution in [-0.2, 0) is 12.1 Å².